The zero-order valence-electron chi connectivity index (χ0n) is 14.4. The fraction of sp³-hybridized carbons (Fsp3) is 0.579. The van der Waals surface area contributed by atoms with Crippen molar-refractivity contribution in [3.63, 3.8) is 0 Å². The number of ether oxygens (including phenoxy) is 2. The van der Waals surface area contributed by atoms with Crippen molar-refractivity contribution in [3.05, 3.63) is 36.4 Å². The normalized spacial score (nSPS) is 23.4. The van der Waals surface area contributed by atoms with Gasteiger partial charge in [-0.2, -0.15) is 0 Å². The van der Waals surface area contributed by atoms with Crippen LogP contribution >= 0.6 is 0 Å². The maximum Gasteiger partial charge on any atom is 0.201 e. The van der Waals surface area contributed by atoms with Crippen LogP contribution in [0.5, 0.6) is 5.75 Å². The minimum absolute atomic E-state index is 0.0478. The highest BCUT2D eigenvalue weighted by Gasteiger charge is 2.42. The van der Waals surface area contributed by atoms with E-state index in [0.717, 1.165) is 36.8 Å². The Morgan fingerprint density at radius 1 is 1.29 bits per heavy atom. The van der Waals surface area contributed by atoms with E-state index in [1.807, 2.05) is 38.1 Å². The molecule has 5 heteroatoms. The molecule has 1 aromatic rings. The van der Waals surface area contributed by atoms with Crippen LogP contribution in [0, 0.1) is 0 Å². The number of benzene rings is 1. The Morgan fingerprint density at radius 3 is 2.50 bits per heavy atom. The van der Waals surface area contributed by atoms with E-state index in [0.29, 0.717) is 12.4 Å². The molecule has 1 aliphatic heterocycles. The second-order valence-electron chi connectivity index (χ2n) is 7.17. The average Bonchev–Trinajstić information content (AvgIpc) is 3.03. The van der Waals surface area contributed by atoms with Gasteiger partial charge in [0.15, 0.2) is 0 Å². The lowest BCUT2D eigenvalue weighted by Gasteiger charge is -2.36. The SMILES string of the molecule is C=C(c1ccc(OC(C)(C)CO)cc1)C1COC2(CCCC2)OO1. The summed E-state index contributed by atoms with van der Waals surface area (Å²) in [6.07, 6.45) is 3.69. The van der Waals surface area contributed by atoms with E-state index in [2.05, 4.69) is 6.58 Å². The van der Waals surface area contributed by atoms with Crippen LogP contribution in [0.4, 0.5) is 0 Å². The summed E-state index contributed by atoms with van der Waals surface area (Å²) in [6, 6.07) is 7.57. The second kappa shape index (κ2) is 6.84. The summed E-state index contributed by atoms with van der Waals surface area (Å²) < 4.78 is 11.7. The maximum absolute atomic E-state index is 9.27. The lowest BCUT2D eigenvalue weighted by atomic mass is 10.0. The first kappa shape index (κ1) is 17.4. The molecule has 0 radical (unpaired) electrons. The van der Waals surface area contributed by atoms with Crippen LogP contribution in [0.2, 0.25) is 0 Å². The van der Waals surface area contributed by atoms with E-state index in [4.69, 9.17) is 19.2 Å². The minimum atomic E-state index is -0.609. The molecule has 0 bridgehead atoms. The molecule has 2 aliphatic rings. The first-order valence-corrected chi connectivity index (χ1v) is 8.51. The van der Waals surface area contributed by atoms with Crippen LogP contribution < -0.4 is 4.74 Å². The van der Waals surface area contributed by atoms with E-state index in [1.165, 1.54) is 0 Å². The highest BCUT2D eigenvalue weighted by atomic mass is 17.2. The molecular weight excluding hydrogens is 308 g/mol. The minimum Gasteiger partial charge on any atom is -0.485 e. The van der Waals surface area contributed by atoms with Crippen molar-refractivity contribution < 1.29 is 24.4 Å². The van der Waals surface area contributed by atoms with Crippen molar-refractivity contribution in [3.8, 4) is 5.75 Å². The van der Waals surface area contributed by atoms with Crippen LogP contribution in [-0.4, -0.2) is 35.8 Å². The molecule has 0 amide bonds. The van der Waals surface area contributed by atoms with Crippen LogP contribution in [0.3, 0.4) is 0 Å². The topological polar surface area (TPSA) is 57.2 Å². The van der Waals surface area contributed by atoms with Crippen molar-refractivity contribution >= 4 is 5.57 Å². The molecule has 1 aliphatic carbocycles. The molecule has 1 heterocycles. The third kappa shape index (κ3) is 3.81. The standard InChI is InChI=1S/C19H26O5/c1-14(17-12-21-19(24-23-17)10-4-5-11-19)15-6-8-16(9-7-15)22-18(2,3)13-20/h6-9,17,20H,1,4-5,10-13H2,2-3H3. The number of aliphatic hydroxyl groups excluding tert-OH is 1. The van der Waals surface area contributed by atoms with Crippen LogP contribution in [0.1, 0.15) is 45.1 Å². The molecule has 1 N–H and O–H groups in total. The second-order valence-corrected chi connectivity index (χ2v) is 7.17. The summed E-state index contributed by atoms with van der Waals surface area (Å²) in [6.45, 7) is 8.20. The quantitative estimate of drug-likeness (QED) is 0.836. The molecule has 5 nitrogen and oxygen atoms in total. The monoisotopic (exact) mass is 334 g/mol. The van der Waals surface area contributed by atoms with Gasteiger partial charge in [0.05, 0.1) is 13.2 Å². The molecule has 2 fully saturated rings. The van der Waals surface area contributed by atoms with Crippen LogP contribution in [0.25, 0.3) is 5.57 Å². The Kier molecular flexibility index (Phi) is 4.97. The zero-order chi connectivity index (χ0) is 17.2. The van der Waals surface area contributed by atoms with Gasteiger partial charge in [0.25, 0.3) is 0 Å². The summed E-state index contributed by atoms with van der Waals surface area (Å²) in [7, 11) is 0. The Hall–Kier alpha value is -1.40. The largest absolute Gasteiger partial charge is 0.485 e. The predicted octanol–water partition coefficient (Wildman–Crippen LogP) is 3.47. The molecule has 1 aromatic carbocycles. The number of aliphatic hydroxyl groups is 1. The fourth-order valence-electron chi connectivity index (χ4n) is 3.00. The third-order valence-corrected chi connectivity index (χ3v) is 4.57. The average molecular weight is 334 g/mol. The van der Waals surface area contributed by atoms with Crippen LogP contribution in [0.15, 0.2) is 30.8 Å². The first-order valence-electron chi connectivity index (χ1n) is 8.51. The van der Waals surface area contributed by atoms with E-state index < -0.39 is 11.4 Å². The van der Waals surface area contributed by atoms with E-state index in [1.54, 1.807) is 0 Å². The molecule has 132 valence electrons. The van der Waals surface area contributed by atoms with Gasteiger partial charge in [-0.25, -0.2) is 9.78 Å². The summed E-state index contributed by atoms with van der Waals surface area (Å²) in [5.74, 6) is 0.164. The van der Waals surface area contributed by atoms with Crippen molar-refractivity contribution in [1.29, 1.82) is 0 Å². The molecule has 1 unspecified atom stereocenters. The molecule has 0 aromatic heterocycles. The Morgan fingerprint density at radius 2 is 1.96 bits per heavy atom. The molecule has 1 spiro atoms. The van der Waals surface area contributed by atoms with Gasteiger partial charge in [-0.15, -0.1) is 0 Å². The predicted molar refractivity (Wildman–Crippen MR) is 90.4 cm³/mol. The molecule has 1 saturated heterocycles. The van der Waals surface area contributed by atoms with Gasteiger partial charge >= 0.3 is 0 Å². The van der Waals surface area contributed by atoms with Gasteiger partial charge in [0.1, 0.15) is 17.5 Å². The number of rotatable bonds is 5. The molecule has 24 heavy (non-hydrogen) atoms. The Labute approximate surface area is 143 Å². The highest BCUT2D eigenvalue weighted by Crippen LogP contribution is 2.39. The molecule has 3 rings (SSSR count). The highest BCUT2D eigenvalue weighted by molar-refractivity contribution is 5.67. The van der Waals surface area contributed by atoms with Crippen molar-refractivity contribution in [2.24, 2.45) is 0 Å². The van der Waals surface area contributed by atoms with Crippen molar-refractivity contribution in [2.45, 2.75) is 57.0 Å². The van der Waals surface area contributed by atoms with Crippen molar-refractivity contribution in [2.75, 3.05) is 13.2 Å². The third-order valence-electron chi connectivity index (χ3n) is 4.57. The molecule has 1 atom stereocenters. The Balaban J connectivity index is 1.59. The smallest absolute Gasteiger partial charge is 0.201 e. The van der Waals surface area contributed by atoms with Gasteiger partial charge in [0, 0.05) is 12.8 Å². The lowest BCUT2D eigenvalue weighted by molar-refractivity contribution is -0.475. The van der Waals surface area contributed by atoms with Gasteiger partial charge < -0.3 is 14.6 Å². The summed E-state index contributed by atoms with van der Waals surface area (Å²) in [5.41, 5.74) is 1.15. The van der Waals surface area contributed by atoms with Gasteiger partial charge in [-0.3, -0.25) is 0 Å². The molecule has 1 saturated carbocycles. The number of hydrogen-bond donors (Lipinski definition) is 1. The summed E-state index contributed by atoms with van der Waals surface area (Å²) >= 11 is 0. The van der Waals surface area contributed by atoms with Gasteiger partial charge in [-0.1, -0.05) is 18.7 Å². The van der Waals surface area contributed by atoms with Gasteiger partial charge in [0.2, 0.25) is 5.79 Å². The fourth-order valence-corrected chi connectivity index (χ4v) is 3.00. The lowest BCUT2D eigenvalue weighted by Crippen LogP contribution is -2.43. The summed E-state index contributed by atoms with van der Waals surface area (Å²) in [5, 5.41) is 9.27. The van der Waals surface area contributed by atoms with E-state index in [-0.39, 0.29) is 12.7 Å². The zero-order valence-corrected chi connectivity index (χ0v) is 14.4. The summed E-state index contributed by atoms with van der Waals surface area (Å²) in [4.78, 5) is 11.1. The first-order chi connectivity index (χ1) is 11.4. The van der Waals surface area contributed by atoms with Crippen molar-refractivity contribution in [1.82, 2.24) is 0 Å². The Bertz CT molecular complexity index is 562. The van der Waals surface area contributed by atoms with E-state index >= 15 is 0 Å². The maximum atomic E-state index is 9.27. The molecular formula is C19H26O5. The van der Waals surface area contributed by atoms with Crippen LogP contribution in [-0.2, 0) is 14.5 Å². The van der Waals surface area contributed by atoms with E-state index in [9.17, 15) is 5.11 Å². The number of hydrogen-bond acceptors (Lipinski definition) is 5. The van der Waals surface area contributed by atoms with Gasteiger partial charge in [-0.05, 0) is 50.0 Å².